The Morgan fingerprint density at radius 3 is 1.47 bits per heavy atom. The molecule has 0 radical (unpaired) electrons. The normalized spacial score (nSPS) is 16.2. The second-order valence-electron chi connectivity index (χ2n) is 10.2. The third-order valence-corrected chi connectivity index (χ3v) is 14.0. The molecule has 3 heteroatoms. The van der Waals surface area contributed by atoms with Gasteiger partial charge in [-0.05, 0) is 35.4 Å². The molecule has 0 fully saturated rings. The molecule has 2 nitrogen and oxygen atoms in total. The Morgan fingerprint density at radius 1 is 0.688 bits per heavy atom. The highest BCUT2D eigenvalue weighted by Crippen LogP contribution is 2.50. The first-order valence-corrected chi connectivity index (χ1v) is 13.8. The fourth-order valence-corrected chi connectivity index (χ4v) is 12.7. The van der Waals surface area contributed by atoms with Crippen LogP contribution in [-0.2, 0) is 0 Å². The zero-order valence-corrected chi connectivity index (χ0v) is 21.1. The maximum atomic E-state index is 11.4. The lowest BCUT2D eigenvalue weighted by molar-refractivity contribution is 0.104. The number of hydrogen-bond donors (Lipinski definition) is 2. The highest BCUT2D eigenvalue weighted by molar-refractivity contribution is 7.05. The molecule has 0 aliphatic carbocycles. The molecule has 170 valence electrons. The summed E-state index contributed by atoms with van der Waals surface area (Å²) in [7, 11) is -2.52. The van der Waals surface area contributed by atoms with Gasteiger partial charge in [0.05, 0.1) is 12.2 Å². The van der Waals surface area contributed by atoms with E-state index in [1.165, 1.54) is 10.4 Å². The predicted molar refractivity (Wildman–Crippen MR) is 138 cm³/mol. The van der Waals surface area contributed by atoms with Gasteiger partial charge in [0.2, 0.25) is 0 Å². The van der Waals surface area contributed by atoms with Crippen molar-refractivity contribution in [1.82, 2.24) is 0 Å². The maximum Gasteiger partial charge on any atom is 0.126 e. The van der Waals surface area contributed by atoms with E-state index in [9.17, 15) is 10.2 Å². The van der Waals surface area contributed by atoms with Crippen LogP contribution in [0, 0.1) is 5.92 Å². The van der Waals surface area contributed by atoms with Gasteiger partial charge < -0.3 is 10.2 Å². The predicted octanol–water partition coefficient (Wildman–Crippen LogP) is 5.56. The molecule has 3 aromatic carbocycles. The number of aliphatic hydroxyl groups excluding tert-OH is 2. The molecule has 0 aliphatic heterocycles. The highest BCUT2D eigenvalue weighted by atomic mass is 28.3. The van der Waals surface area contributed by atoms with E-state index in [1.807, 2.05) is 37.3 Å². The fraction of sp³-hybridized carbons (Fsp3) is 0.379. The Kier molecular flexibility index (Phi) is 7.76. The van der Waals surface area contributed by atoms with Gasteiger partial charge in [-0.2, -0.15) is 0 Å². The van der Waals surface area contributed by atoms with E-state index >= 15 is 0 Å². The van der Waals surface area contributed by atoms with Crippen LogP contribution in [0.5, 0.6) is 0 Å². The van der Waals surface area contributed by atoms with Crippen molar-refractivity contribution in [3.8, 4) is 0 Å². The third kappa shape index (κ3) is 4.75. The average molecular weight is 447 g/mol. The molecule has 4 atom stereocenters. The number of rotatable bonds is 8. The second-order valence-corrected chi connectivity index (χ2v) is 15.2. The van der Waals surface area contributed by atoms with E-state index in [4.69, 9.17) is 0 Å². The van der Waals surface area contributed by atoms with Gasteiger partial charge in [0.15, 0.2) is 0 Å². The minimum absolute atomic E-state index is 0.0275. The van der Waals surface area contributed by atoms with E-state index in [0.29, 0.717) is 6.42 Å². The van der Waals surface area contributed by atoms with Crippen LogP contribution in [0.4, 0.5) is 0 Å². The van der Waals surface area contributed by atoms with Crippen LogP contribution in [0.1, 0.15) is 52.7 Å². The minimum atomic E-state index is -2.52. The first kappa shape index (κ1) is 24.4. The first-order valence-electron chi connectivity index (χ1n) is 11.7. The first-order chi connectivity index (χ1) is 15.2. The van der Waals surface area contributed by atoms with Crippen molar-refractivity contribution >= 4 is 18.4 Å². The lowest BCUT2D eigenvalue weighted by atomic mass is 9.94. The molecule has 0 bridgehead atoms. The Balaban J connectivity index is 2.28. The van der Waals surface area contributed by atoms with Crippen molar-refractivity contribution in [3.63, 3.8) is 0 Å². The molecule has 0 unspecified atom stereocenters. The van der Waals surface area contributed by atoms with Crippen LogP contribution in [0.3, 0.4) is 0 Å². The summed E-state index contributed by atoms with van der Waals surface area (Å²) < 4.78 is 0. The van der Waals surface area contributed by atoms with Crippen molar-refractivity contribution in [1.29, 1.82) is 0 Å². The molecule has 3 aromatic rings. The summed E-state index contributed by atoms with van der Waals surface area (Å²) >= 11 is 0. The summed E-state index contributed by atoms with van der Waals surface area (Å²) in [5.74, 6) is 0.0275. The van der Waals surface area contributed by atoms with Gasteiger partial charge in [-0.3, -0.25) is 0 Å². The summed E-state index contributed by atoms with van der Waals surface area (Å²) in [6, 6.07) is 31.7. The molecule has 3 rings (SSSR count). The van der Waals surface area contributed by atoms with Gasteiger partial charge in [-0.1, -0.05) is 129 Å². The smallest absolute Gasteiger partial charge is 0.126 e. The SMILES string of the molecule is C[C@@H]([C@H](C)O)[C@H](C[C@H](O)c1ccccc1)[Si](c1ccccc1)(c1ccccc1)C(C)(C)C. The Labute approximate surface area is 195 Å². The molecule has 2 N–H and O–H groups in total. The van der Waals surface area contributed by atoms with Crippen molar-refractivity contribution in [3.05, 3.63) is 96.6 Å². The van der Waals surface area contributed by atoms with Gasteiger partial charge >= 0.3 is 0 Å². The molecule has 0 spiro atoms. The fourth-order valence-electron chi connectivity index (χ4n) is 5.59. The van der Waals surface area contributed by atoms with Crippen molar-refractivity contribution < 1.29 is 10.2 Å². The molecule has 0 saturated heterocycles. The number of benzene rings is 3. The molecule has 0 amide bonds. The molecular formula is C29H38O2Si. The van der Waals surface area contributed by atoms with Crippen LogP contribution in [0.25, 0.3) is 0 Å². The van der Waals surface area contributed by atoms with Crippen LogP contribution in [0.15, 0.2) is 91.0 Å². The van der Waals surface area contributed by atoms with Crippen LogP contribution in [0.2, 0.25) is 10.6 Å². The van der Waals surface area contributed by atoms with E-state index < -0.39 is 20.3 Å². The summed E-state index contributed by atoms with van der Waals surface area (Å²) in [6.07, 6.45) is -0.433. The molecule has 0 aromatic heterocycles. The summed E-state index contributed by atoms with van der Waals surface area (Å²) in [5.41, 5.74) is 1.07. The Morgan fingerprint density at radius 2 is 1.09 bits per heavy atom. The Hall–Kier alpha value is -2.20. The quantitative estimate of drug-likeness (QED) is 0.445. The Bertz CT molecular complexity index is 909. The van der Waals surface area contributed by atoms with Gasteiger partial charge in [-0.15, -0.1) is 0 Å². The molecule has 0 aliphatic rings. The van der Waals surface area contributed by atoms with Gasteiger partial charge in [0, 0.05) is 0 Å². The summed E-state index contributed by atoms with van der Waals surface area (Å²) in [5, 5.41) is 24.9. The van der Waals surface area contributed by atoms with E-state index in [0.717, 1.165) is 5.56 Å². The van der Waals surface area contributed by atoms with E-state index in [1.54, 1.807) is 0 Å². The number of hydrogen-bond acceptors (Lipinski definition) is 2. The van der Waals surface area contributed by atoms with Crippen molar-refractivity contribution in [2.24, 2.45) is 5.92 Å². The standard InChI is InChI=1S/C29H38O2Si/c1-22(23(2)30)28(21-27(31)24-15-9-6-10-16-24)32(29(3,4)5,25-17-11-7-12-18-25)26-19-13-8-14-20-26/h6-20,22-23,27-28,30-31H,21H2,1-5H3/t22-,23-,27-,28-/m0/s1. The summed E-state index contributed by atoms with van der Waals surface area (Å²) in [6.45, 7) is 11.1. The molecule has 0 heterocycles. The largest absolute Gasteiger partial charge is 0.393 e. The molecular weight excluding hydrogens is 408 g/mol. The lowest BCUT2D eigenvalue weighted by Crippen LogP contribution is -2.68. The average Bonchev–Trinajstić information content (AvgIpc) is 2.79. The minimum Gasteiger partial charge on any atom is -0.393 e. The monoisotopic (exact) mass is 446 g/mol. The van der Waals surface area contributed by atoms with Gasteiger partial charge in [0.25, 0.3) is 0 Å². The lowest BCUT2D eigenvalue weighted by Gasteiger charge is -2.52. The topological polar surface area (TPSA) is 40.5 Å². The zero-order chi connectivity index (χ0) is 23.4. The summed E-state index contributed by atoms with van der Waals surface area (Å²) in [4.78, 5) is 0. The van der Waals surface area contributed by atoms with E-state index in [2.05, 4.69) is 88.4 Å². The van der Waals surface area contributed by atoms with Crippen molar-refractivity contribution in [2.75, 3.05) is 0 Å². The third-order valence-electron chi connectivity index (χ3n) is 7.25. The number of aliphatic hydroxyl groups is 2. The van der Waals surface area contributed by atoms with E-state index in [-0.39, 0.29) is 16.5 Å². The van der Waals surface area contributed by atoms with Gasteiger partial charge in [0.1, 0.15) is 8.07 Å². The van der Waals surface area contributed by atoms with Gasteiger partial charge in [-0.25, -0.2) is 0 Å². The maximum absolute atomic E-state index is 11.4. The van der Waals surface area contributed by atoms with Crippen LogP contribution < -0.4 is 10.4 Å². The van der Waals surface area contributed by atoms with Crippen LogP contribution in [-0.4, -0.2) is 24.4 Å². The second kappa shape index (κ2) is 10.2. The zero-order valence-electron chi connectivity index (χ0n) is 20.1. The highest BCUT2D eigenvalue weighted by Gasteiger charge is 2.55. The van der Waals surface area contributed by atoms with Crippen molar-refractivity contribution in [2.45, 2.75) is 63.8 Å². The molecule has 0 saturated carbocycles. The molecule has 32 heavy (non-hydrogen) atoms. The van der Waals surface area contributed by atoms with Crippen LogP contribution >= 0.6 is 0 Å².